The Bertz CT molecular complexity index is 601. The maximum atomic E-state index is 13.5. The fraction of sp³-hybridized carbons (Fsp3) is 0.333. The summed E-state index contributed by atoms with van der Waals surface area (Å²) in [6, 6.07) is 10.8. The van der Waals surface area contributed by atoms with E-state index in [1.807, 2.05) is 26.8 Å². The zero-order valence-electron chi connectivity index (χ0n) is 12.8. The molecule has 0 aliphatic heterocycles. The van der Waals surface area contributed by atoms with E-state index in [0.29, 0.717) is 18.7 Å². The lowest BCUT2D eigenvalue weighted by molar-refractivity contribution is 0.173. The molecule has 0 amide bonds. The van der Waals surface area contributed by atoms with Crippen LogP contribution in [0.2, 0.25) is 0 Å². The van der Waals surface area contributed by atoms with Gasteiger partial charge in [0, 0.05) is 18.7 Å². The number of halogens is 1. The van der Waals surface area contributed by atoms with Crippen molar-refractivity contribution >= 4 is 0 Å². The Hall–Kier alpha value is -1.71. The number of hydrogen-bond donors (Lipinski definition) is 2. The standard InChI is InChI=1S/C18H22FNO/c1-12-8-13(2)18(14(3)9-12)17(21)11-20-10-15-6-4-5-7-16(15)19/h4-9,17,20-21H,10-11H2,1-3H3. The van der Waals surface area contributed by atoms with Gasteiger partial charge in [-0.2, -0.15) is 0 Å². The highest BCUT2D eigenvalue weighted by Gasteiger charge is 2.13. The molecule has 1 unspecified atom stereocenters. The minimum Gasteiger partial charge on any atom is -0.387 e. The average Bonchev–Trinajstić information content (AvgIpc) is 2.39. The molecule has 2 rings (SSSR count). The summed E-state index contributed by atoms with van der Waals surface area (Å²) in [7, 11) is 0. The maximum absolute atomic E-state index is 13.5. The van der Waals surface area contributed by atoms with Crippen molar-refractivity contribution in [2.24, 2.45) is 0 Å². The summed E-state index contributed by atoms with van der Waals surface area (Å²) < 4.78 is 13.5. The van der Waals surface area contributed by atoms with E-state index in [1.165, 1.54) is 11.6 Å². The van der Waals surface area contributed by atoms with Crippen LogP contribution in [0.4, 0.5) is 4.39 Å². The summed E-state index contributed by atoms with van der Waals surface area (Å²) in [6.07, 6.45) is -0.586. The molecule has 0 heterocycles. The highest BCUT2D eigenvalue weighted by molar-refractivity contribution is 5.39. The Morgan fingerprint density at radius 2 is 1.71 bits per heavy atom. The molecule has 0 spiro atoms. The van der Waals surface area contributed by atoms with Gasteiger partial charge >= 0.3 is 0 Å². The van der Waals surface area contributed by atoms with Gasteiger partial charge in [0.05, 0.1) is 6.10 Å². The summed E-state index contributed by atoms with van der Waals surface area (Å²) in [5, 5.41) is 13.5. The monoisotopic (exact) mass is 287 g/mol. The Balaban J connectivity index is 2.00. The van der Waals surface area contributed by atoms with Gasteiger partial charge in [-0.15, -0.1) is 0 Å². The third-order valence-corrected chi connectivity index (χ3v) is 3.68. The van der Waals surface area contributed by atoms with Crippen LogP contribution in [-0.2, 0) is 6.54 Å². The zero-order valence-corrected chi connectivity index (χ0v) is 12.8. The van der Waals surface area contributed by atoms with Crippen LogP contribution < -0.4 is 5.32 Å². The van der Waals surface area contributed by atoms with E-state index in [2.05, 4.69) is 17.4 Å². The lowest BCUT2D eigenvalue weighted by Gasteiger charge is -2.18. The lowest BCUT2D eigenvalue weighted by atomic mass is 9.95. The quantitative estimate of drug-likeness (QED) is 0.881. The number of aryl methyl sites for hydroxylation is 3. The van der Waals surface area contributed by atoms with Gasteiger partial charge < -0.3 is 10.4 Å². The number of benzene rings is 2. The van der Waals surface area contributed by atoms with Gasteiger partial charge in [0.2, 0.25) is 0 Å². The van der Waals surface area contributed by atoms with Crippen LogP contribution in [0.3, 0.4) is 0 Å². The van der Waals surface area contributed by atoms with Crippen molar-refractivity contribution in [2.75, 3.05) is 6.54 Å². The third kappa shape index (κ3) is 3.90. The Labute approximate surface area is 125 Å². The van der Waals surface area contributed by atoms with Crippen LogP contribution in [0.5, 0.6) is 0 Å². The number of rotatable bonds is 5. The fourth-order valence-corrected chi connectivity index (χ4v) is 2.80. The molecule has 2 N–H and O–H groups in total. The Kier molecular flexibility index (Phi) is 5.10. The molecule has 0 fully saturated rings. The van der Waals surface area contributed by atoms with Gasteiger partial charge in [-0.05, 0) is 43.5 Å². The molecule has 0 aliphatic rings. The first kappa shape index (κ1) is 15.7. The topological polar surface area (TPSA) is 32.3 Å². The molecule has 0 saturated carbocycles. The van der Waals surface area contributed by atoms with Gasteiger partial charge in [-0.3, -0.25) is 0 Å². The summed E-state index contributed by atoms with van der Waals surface area (Å²) in [5.74, 6) is -0.220. The third-order valence-electron chi connectivity index (χ3n) is 3.68. The van der Waals surface area contributed by atoms with Crippen LogP contribution in [0, 0.1) is 26.6 Å². The zero-order chi connectivity index (χ0) is 15.4. The second kappa shape index (κ2) is 6.83. The van der Waals surface area contributed by atoms with Gasteiger partial charge in [0.25, 0.3) is 0 Å². The lowest BCUT2D eigenvalue weighted by Crippen LogP contribution is -2.22. The number of aliphatic hydroxyl groups excluding tert-OH is 1. The van der Waals surface area contributed by atoms with Crippen molar-refractivity contribution in [2.45, 2.75) is 33.4 Å². The van der Waals surface area contributed by atoms with E-state index in [1.54, 1.807) is 12.1 Å². The smallest absolute Gasteiger partial charge is 0.127 e. The first-order valence-electron chi connectivity index (χ1n) is 7.19. The molecule has 1 atom stereocenters. The SMILES string of the molecule is Cc1cc(C)c(C(O)CNCc2ccccc2F)c(C)c1. The predicted molar refractivity (Wildman–Crippen MR) is 83.7 cm³/mol. The summed E-state index contributed by atoms with van der Waals surface area (Å²) in [6.45, 7) is 6.88. The highest BCUT2D eigenvalue weighted by atomic mass is 19.1. The van der Waals surface area contributed by atoms with Crippen molar-refractivity contribution in [1.29, 1.82) is 0 Å². The normalized spacial score (nSPS) is 12.4. The van der Waals surface area contributed by atoms with Gasteiger partial charge in [0.1, 0.15) is 5.82 Å². The maximum Gasteiger partial charge on any atom is 0.127 e. The largest absolute Gasteiger partial charge is 0.387 e. The van der Waals surface area contributed by atoms with Crippen LogP contribution in [0.15, 0.2) is 36.4 Å². The molecule has 0 saturated heterocycles. The molecule has 0 radical (unpaired) electrons. The molecule has 2 nitrogen and oxygen atoms in total. The molecule has 0 aliphatic carbocycles. The van der Waals surface area contributed by atoms with Crippen molar-refractivity contribution in [3.63, 3.8) is 0 Å². The van der Waals surface area contributed by atoms with E-state index in [-0.39, 0.29) is 5.82 Å². The predicted octanol–water partition coefficient (Wildman–Crippen LogP) is 3.57. The van der Waals surface area contributed by atoms with E-state index >= 15 is 0 Å². The van der Waals surface area contributed by atoms with Gasteiger partial charge in [-0.1, -0.05) is 35.9 Å². The van der Waals surface area contributed by atoms with Crippen molar-refractivity contribution in [3.8, 4) is 0 Å². The van der Waals surface area contributed by atoms with Gasteiger partial charge in [-0.25, -0.2) is 4.39 Å². The number of nitrogens with one attached hydrogen (secondary N) is 1. The average molecular weight is 287 g/mol. The van der Waals surface area contributed by atoms with Crippen LogP contribution in [0.1, 0.15) is 33.9 Å². The first-order chi connectivity index (χ1) is 9.99. The van der Waals surface area contributed by atoms with Crippen molar-refractivity contribution in [1.82, 2.24) is 5.32 Å². The fourth-order valence-electron chi connectivity index (χ4n) is 2.80. The summed E-state index contributed by atoms with van der Waals surface area (Å²) in [5.41, 5.74) is 4.95. The molecular formula is C18H22FNO. The van der Waals surface area contributed by atoms with Crippen LogP contribution >= 0.6 is 0 Å². The second-order valence-electron chi connectivity index (χ2n) is 5.55. The minimum absolute atomic E-state index is 0.220. The summed E-state index contributed by atoms with van der Waals surface area (Å²) in [4.78, 5) is 0. The van der Waals surface area contributed by atoms with Crippen LogP contribution in [-0.4, -0.2) is 11.7 Å². The minimum atomic E-state index is -0.586. The molecule has 21 heavy (non-hydrogen) atoms. The van der Waals surface area contributed by atoms with Gasteiger partial charge in [0.15, 0.2) is 0 Å². The van der Waals surface area contributed by atoms with E-state index < -0.39 is 6.10 Å². The van der Waals surface area contributed by atoms with Crippen molar-refractivity contribution in [3.05, 3.63) is 70.0 Å². The highest BCUT2D eigenvalue weighted by Crippen LogP contribution is 2.23. The first-order valence-corrected chi connectivity index (χ1v) is 7.19. The molecule has 0 bridgehead atoms. The Morgan fingerprint density at radius 1 is 1.10 bits per heavy atom. The molecule has 3 heteroatoms. The second-order valence-corrected chi connectivity index (χ2v) is 5.55. The number of hydrogen-bond acceptors (Lipinski definition) is 2. The molecular weight excluding hydrogens is 265 g/mol. The molecule has 2 aromatic carbocycles. The Morgan fingerprint density at radius 3 is 2.33 bits per heavy atom. The van der Waals surface area contributed by atoms with Crippen LogP contribution in [0.25, 0.3) is 0 Å². The van der Waals surface area contributed by atoms with Crippen molar-refractivity contribution < 1.29 is 9.50 Å². The molecule has 0 aromatic heterocycles. The van der Waals surface area contributed by atoms with E-state index in [9.17, 15) is 9.50 Å². The molecule has 112 valence electrons. The van der Waals surface area contributed by atoms with E-state index in [4.69, 9.17) is 0 Å². The molecule has 2 aromatic rings. The summed E-state index contributed by atoms with van der Waals surface area (Å²) >= 11 is 0. The van der Waals surface area contributed by atoms with E-state index in [0.717, 1.165) is 16.7 Å². The number of aliphatic hydroxyl groups is 1.